The van der Waals surface area contributed by atoms with E-state index in [1.54, 1.807) is 12.4 Å². The molecule has 3 aromatic rings. The normalized spacial score (nSPS) is 16.6. The highest BCUT2D eigenvalue weighted by atomic mass is 35.5. The van der Waals surface area contributed by atoms with Crippen molar-refractivity contribution in [1.82, 2.24) is 20.3 Å². The van der Waals surface area contributed by atoms with Crippen LogP contribution >= 0.6 is 11.6 Å². The van der Waals surface area contributed by atoms with Gasteiger partial charge in [-0.2, -0.15) is 0 Å². The second kappa shape index (κ2) is 15.9. The number of rotatable bonds is 14. The molecule has 10 heteroatoms. The number of piperidine rings is 2. The second-order valence-corrected chi connectivity index (χ2v) is 12.8. The number of halogens is 1. The molecular weight excluding hydrogens is 588 g/mol. The van der Waals surface area contributed by atoms with Gasteiger partial charge in [-0.25, -0.2) is 9.97 Å². The molecule has 0 saturated carbocycles. The molecule has 5 rings (SSSR count). The molecule has 9 nitrogen and oxygen atoms in total. The van der Waals surface area contributed by atoms with Crippen LogP contribution in [0.15, 0.2) is 37.3 Å². The van der Waals surface area contributed by atoms with E-state index in [4.69, 9.17) is 21.1 Å². The van der Waals surface area contributed by atoms with Crippen LogP contribution in [0.3, 0.4) is 0 Å². The van der Waals surface area contributed by atoms with Crippen molar-refractivity contribution in [2.24, 2.45) is 5.92 Å². The van der Waals surface area contributed by atoms with Gasteiger partial charge in [-0.1, -0.05) is 44.9 Å². The summed E-state index contributed by atoms with van der Waals surface area (Å²) >= 11 is 6.56. The zero-order valence-corrected chi connectivity index (χ0v) is 27.9. The second-order valence-electron chi connectivity index (χ2n) is 12.4. The first-order chi connectivity index (χ1) is 21.9. The van der Waals surface area contributed by atoms with Gasteiger partial charge in [-0.15, -0.1) is 0 Å². The first kappa shape index (κ1) is 33.2. The average Bonchev–Trinajstić information content (AvgIpc) is 3.52. The number of aromatic amines is 1. The zero-order valence-electron chi connectivity index (χ0n) is 27.1. The minimum Gasteiger partial charge on any atom is -0.370 e. The van der Waals surface area contributed by atoms with E-state index < -0.39 is 0 Å². The van der Waals surface area contributed by atoms with Crippen molar-refractivity contribution in [1.29, 1.82) is 0 Å². The Hall–Kier alpha value is -3.14. The third-order valence-corrected chi connectivity index (χ3v) is 9.40. The number of nitrogens with zero attached hydrogens (tertiary/aromatic N) is 4. The maximum absolute atomic E-state index is 13.0. The Labute approximate surface area is 272 Å². The van der Waals surface area contributed by atoms with E-state index in [9.17, 15) is 4.79 Å². The number of nitrogens with one attached hydrogen (secondary N) is 2. The van der Waals surface area contributed by atoms with E-state index in [1.807, 2.05) is 19.2 Å². The lowest BCUT2D eigenvalue weighted by atomic mass is 9.96. The van der Waals surface area contributed by atoms with Gasteiger partial charge in [0.25, 0.3) is 5.91 Å². The van der Waals surface area contributed by atoms with Gasteiger partial charge in [0, 0.05) is 68.5 Å². The summed E-state index contributed by atoms with van der Waals surface area (Å²) in [6, 6.07) is 4.10. The van der Waals surface area contributed by atoms with Crippen LogP contribution in [0, 0.1) is 5.92 Å². The molecule has 4 heterocycles. The number of hydrogen-bond donors (Lipinski definition) is 2. The number of ether oxygens (including phenoxy) is 2. The SMILES string of the molecule is C=C(C)c1c[nH]c2c(N3CCC(NC(=O)c4ncc(N5CCC(C(OCCCC)OCCCC)CC5)cn4)CC3)ccc(Cl)c12. The van der Waals surface area contributed by atoms with Crippen molar-refractivity contribution in [3.8, 4) is 0 Å². The van der Waals surface area contributed by atoms with Crippen molar-refractivity contribution < 1.29 is 14.3 Å². The van der Waals surface area contributed by atoms with Gasteiger partial charge >= 0.3 is 0 Å². The Balaban J connectivity index is 1.11. The number of H-pyrrole nitrogens is 1. The quantitative estimate of drug-likeness (QED) is 0.142. The Kier molecular flexibility index (Phi) is 11.8. The Morgan fingerprint density at radius 2 is 1.64 bits per heavy atom. The van der Waals surface area contributed by atoms with E-state index >= 15 is 0 Å². The predicted octanol–water partition coefficient (Wildman–Crippen LogP) is 7.22. The molecule has 0 unspecified atom stereocenters. The number of fused-ring (bicyclic) bond motifs is 1. The third-order valence-electron chi connectivity index (χ3n) is 9.08. The van der Waals surface area contributed by atoms with Crippen LogP contribution in [0.1, 0.15) is 88.3 Å². The van der Waals surface area contributed by atoms with Gasteiger partial charge in [0.1, 0.15) is 0 Å². The summed E-state index contributed by atoms with van der Waals surface area (Å²) in [5, 5.41) is 4.89. The molecule has 0 bridgehead atoms. The number of carbonyl (C=O) groups excluding carboxylic acids is 1. The fraction of sp³-hybridized carbons (Fsp3) is 0.571. The van der Waals surface area contributed by atoms with Crippen LogP contribution in [0.4, 0.5) is 11.4 Å². The summed E-state index contributed by atoms with van der Waals surface area (Å²) in [5.41, 5.74) is 5.12. The van der Waals surface area contributed by atoms with E-state index in [0.29, 0.717) is 5.92 Å². The molecule has 45 heavy (non-hydrogen) atoms. The van der Waals surface area contributed by atoms with Crippen LogP contribution in [-0.2, 0) is 9.47 Å². The molecule has 2 aromatic heterocycles. The number of anilines is 2. The molecule has 2 N–H and O–H groups in total. The predicted molar refractivity (Wildman–Crippen MR) is 183 cm³/mol. The van der Waals surface area contributed by atoms with Crippen LogP contribution < -0.4 is 15.1 Å². The Bertz CT molecular complexity index is 1400. The monoisotopic (exact) mass is 636 g/mol. The number of allylic oxidation sites excluding steroid dienone is 1. The molecular formula is C35H49ClN6O3. The molecule has 0 atom stereocenters. The molecule has 244 valence electrons. The van der Waals surface area contributed by atoms with Gasteiger partial charge in [-0.3, -0.25) is 4.79 Å². The molecule has 2 aliphatic rings. The first-order valence-corrected chi connectivity index (χ1v) is 17.1. The van der Waals surface area contributed by atoms with Crippen molar-refractivity contribution in [3.63, 3.8) is 0 Å². The number of aromatic nitrogens is 3. The van der Waals surface area contributed by atoms with Gasteiger partial charge in [0.2, 0.25) is 5.82 Å². The molecule has 0 spiro atoms. The van der Waals surface area contributed by atoms with E-state index in [1.165, 1.54) is 0 Å². The van der Waals surface area contributed by atoms with Gasteiger partial charge in [-0.05, 0) is 63.2 Å². The summed E-state index contributed by atoms with van der Waals surface area (Å²) in [6.45, 7) is 15.4. The van der Waals surface area contributed by atoms with E-state index in [0.717, 1.165) is 129 Å². The van der Waals surface area contributed by atoms with Crippen LogP contribution in [0.2, 0.25) is 5.02 Å². The maximum atomic E-state index is 13.0. The Morgan fingerprint density at radius 3 is 2.24 bits per heavy atom. The van der Waals surface area contributed by atoms with Gasteiger partial charge in [0.05, 0.1) is 34.3 Å². The number of carbonyl (C=O) groups is 1. The summed E-state index contributed by atoms with van der Waals surface area (Å²) in [7, 11) is 0. The number of unbranched alkanes of at least 4 members (excludes halogenated alkanes) is 2. The molecule has 1 aromatic carbocycles. The highest BCUT2D eigenvalue weighted by Gasteiger charge is 2.29. The lowest BCUT2D eigenvalue weighted by molar-refractivity contribution is -0.177. The summed E-state index contributed by atoms with van der Waals surface area (Å²) in [4.78, 5) is 30.0. The number of amides is 1. The van der Waals surface area contributed by atoms with Gasteiger partial charge in [0.15, 0.2) is 6.29 Å². The van der Waals surface area contributed by atoms with Crippen molar-refractivity contribution in [2.45, 2.75) is 84.5 Å². The van der Waals surface area contributed by atoms with E-state index in [-0.39, 0.29) is 24.1 Å². The molecule has 1 amide bonds. The fourth-order valence-electron chi connectivity index (χ4n) is 6.35. The smallest absolute Gasteiger partial charge is 0.289 e. The van der Waals surface area contributed by atoms with Crippen LogP contribution in [0.5, 0.6) is 0 Å². The topological polar surface area (TPSA) is 95.6 Å². The molecule has 2 aliphatic heterocycles. The summed E-state index contributed by atoms with van der Waals surface area (Å²) in [6.07, 6.45) is 13.4. The molecule has 0 radical (unpaired) electrons. The zero-order chi connectivity index (χ0) is 31.8. The third kappa shape index (κ3) is 8.18. The minimum absolute atomic E-state index is 0.0699. The lowest BCUT2D eigenvalue weighted by Crippen LogP contribution is -2.45. The van der Waals surface area contributed by atoms with Crippen LogP contribution in [0.25, 0.3) is 16.5 Å². The number of hydrogen-bond acceptors (Lipinski definition) is 7. The standard InChI is InChI=1S/C35H49ClN6O3/c1-5-7-19-44-35(45-20-8-6-2)25-11-15-41(16-12-25)27-21-38-33(39-22-27)34(43)40-26-13-17-42(18-14-26)30-10-9-29(36)31-28(24(3)4)23-37-32(30)31/h9-10,21-23,25-26,35,37H,3,5-8,11-20H2,1-2,4H3,(H,40,43). The summed E-state index contributed by atoms with van der Waals surface area (Å²) < 4.78 is 12.3. The lowest BCUT2D eigenvalue weighted by Gasteiger charge is -2.36. The maximum Gasteiger partial charge on any atom is 0.289 e. The Morgan fingerprint density at radius 1 is 1.02 bits per heavy atom. The highest BCUT2D eigenvalue weighted by Crippen LogP contribution is 2.37. The summed E-state index contributed by atoms with van der Waals surface area (Å²) in [5.74, 6) is 0.372. The van der Waals surface area contributed by atoms with Crippen molar-refractivity contribution >= 4 is 45.4 Å². The largest absolute Gasteiger partial charge is 0.370 e. The van der Waals surface area contributed by atoms with E-state index in [2.05, 4.69) is 56.6 Å². The molecule has 0 aliphatic carbocycles. The molecule has 2 saturated heterocycles. The highest BCUT2D eigenvalue weighted by molar-refractivity contribution is 6.36. The number of benzene rings is 1. The van der Waals surface area contributed by atoms with Crippen LogP contribution in [-0.4, -0.2) is 72.6 Å². The first-order valence-electron chi connectivity index (χ1n) is 16.7. The minimum atomic E-state index is -0.223. The van der Waals surface area contributed by atoms with Crippen molar-refractivity contribution in [2.75, 3.05) is 49.2 Å². The average molecular weight is 637 g/mol. The fourth-order valence-corrected chi connectivity index (χ4v) is 6.61. The molecule has 2 fully saturated rings. The van der Waals surface area contributed by atoms with Crippen molar-refractivity contribution in [3.05, 3.63) is 53.7 Å². The van der Waals surface area contributed by atoms with Gasteiger partial charge < -0.3 is 29.6 Å².